The number of carbonyl (C=O) groups is 2. The molecule has 1 aliphatic heterocycles. The van der Waals surface area contributed by atoms with E-state index in [1.54, 1.807) is 31.2 Å². The molecule has 0 aliphatic carbocycles. The number of nitro benzene ring substituents is 1. The zero-order valence-electron chi connectivity index (χ0n) is 19.5. The third-order valence-corrected chi connectivity index (χ3v) is 6.46. The fourth-order valence-corrected chi connectivity index (χ4v) is 4.43. The molecule has 1 fully saturated rings. The van der Waals surface area contributed by atoms with Crippen molar-refractivity contribution in [3.05, 3.63) is 98.1 Å². The lowest BCUT2D eigenvalue weighted by Gasteiger charge is -2.36. The summed E-state index contributed by atoms with van der Waals surface area (Å²) < 4.78 is 0. The third kappa shape index (κ3) is 5.27. The van der Waals surface area contributed by atoms with Gasteiger partial charge in [-0.2, -0.15) is 0 Å². The van der Waals surface area contributed by atoms with Crippen LogP contribution >= 0.6 is 11.6 Å². The van der Waals surface area contributed by atoms with Crippen LogP contribution in [0.15, 0.2) is 60.7 Å². The van der Waals surface area contributed by atoms with Gasteiger partial charge >= 0.3 is 0 Å². The smallest absolute Gasteiger partial charge is 0.273 e. The van der Waals surface area contributed by atoms with Crippen molar-refractivity contribution in [3.8, 4) is 0 Å². The topological polar surface area (TPSA) is 95.8 Å². The minimum atomic E-state index is -0.508. The Morgan fingerprint density at radius 3 is 2.31 bits per heavy atom. The van der Waals surface area contributed by atoms with Gasteiger partial charge in [-0.1, -0.05) is 35.9 Å². The van der Waals surface area contributed by atoms with E-state index >= 15 is 0 Å². The average Bonchev–Trinajstić information content (AvgIpc) is 2.84. The molecule has 0 atom stereocenters. The molecule has 9 heteroatoms. The van der Waals surface area contributed by atoms with Gasteiger partial charge in [0.15, 0.2) is 0 Å². The molecule has 35 heavy (non-hydrogen) atoms. The molecule has 0 aromatic heterocycles. The summed E-state index contributed by atoms with van der Waals surface area (Å²) >= 11 is 6.53. The van der Waals surface area contributed by atoms with E-state index in [0.29, 0.717) is 42.5 Å². The van der Waals surface area contributed by atoms with Crippen molar-refractivity contribution < 1.29 is 14.5 Å². The molecule has 1 aliphatic rings. The number of piperazine rings is 1. The molecular weight excluding hydrogens is 468 g/mol. The van der Waals surface area contributed by atoms with Crippen LogP contribution in [0.5, 0.6) is 0 Å². The first-order valence-electron chi connectivity index (χ1n) is 11.2. The Balaban J connectivity index is 1.40. The van der Waals surface area contributed by atoms with Crippen LogP contribution in [0, 0.1) is 24.0 Å². The number of benzene rings is 3. The molecule has 0 bridgehead atoms. The van der Waals surface area contributed by atoms with Gasteiger partial charge < -0.3 is 15.1 Å². The molecule has 0 spiro atoms. The molecular formula is C26H25ClN4O4. The predicted molar refractivity (Wildman–Crippen MR) is 137 cm³/mol. The van der Waals surface area contributed by atoms with E-state index in [1.165, 1.54) is 6.07 Å². The van der Waals surface area contributed by atoms with Gasteiger partial charge in [-0.05, 0) is 49.7 Å². The Morgan fingerprint density at radius 1 is 0.943 bits per heavy atom. The zero-order valence-corrected chi connectivity index (χ0v) is 20.2. The van der Waals surface area contributed by atoms with Gasteiger partial charge in [0, 0.05) is 54.6 Å². The Bertz CT molecular complexity index is 1300. The summed E-state index contributed by atoms with van der Waals surface area (Å²) in [5, 5.41) is 14.4. The highest BCUT2D eigenvalue weighted by atomic mass is 35.5. The lowest BCUT2D eigenvalue weighted by Crippen LogP contribution is -2.49. The van der Waals surface area contributed by atoms with Gasteiger partial charge in [0.25, 0.3) is 17.5 Å². The van der Waals surface area contributed by atoms with Crippen LogP contribution in [0.25, 0.3) is 0 Å². The molecule has 4 rings (SSSR count). The molecule has 0 saturated carbocycles. The first-order valence-corrected chi connectivity index (χ1v) is 11.6. The summed E-state index contributed by atoms with van der Waals surface area (Å²) in [6.07, 6.45) is 0. The van der Waals surface area contributed by atoms with E-state index in [-0.39, 0.29) is 17.2 Å². The number of carbonyl (C=O) groups excluding carboxylic acids is 2. The number of amides is 2. The van der Waals surface area contributed by atoms with E-state index in [1.807, 2.05) is 42.2 Å². The minimum Gasteiger partial charge on any atom is -0.367 e. The van der Waals surface area contributed by atoms with E-state index in [2.05, 4.69) is 10.2 Å². The van der Waals surface area contributed by atoms with E-state index in [0.717, 1.165) is 16.8 Å². The van der Waals surface area contributed by atoms with Crippen LogP contribution in [0.3, 0.4) is 0 Å². The lowest BCUT2D eigenvalue weighted by atomic mass is 10.1. The maximum absolute atomic E-state index is 12.9. The van der Waals surface area contributed by atoms with Gasteiger partial charge in [0.2, 0.25) is 0 Å². The van der Waals surface area contributed by atoms with Gasteiger partial charge in [-0.25, -0.2) is 0 Å². The quantitative estimate of drug-likeness (QED) is 0.396. The summed E-state index contributed by atoms with van der Waals surface area (Å²) in [6, 6.07) is 17.2. The van der Waals surface area contributed by atoms with Crippen molar-refractivity contribution >= 4 is 40.5 Å². The first-order chi connectivity index (χ1) is 16.7. The van der Waals surface area contributed by atoms with Crippen molar-refractivity contribution in [2.75, 3.05) is 36.4 Å². The molecule has 3 aromatic rings. The molecule has 1 N–H and O–H groups in total. The highest BCUT2D eigenvalue weighted by Crippen LogP contribution is 2.30. The highest BCUT2D eigenvalue weighted by molar-refractivity contribution is 6.33. The SMILES string of the molecule is Cc1ccccc1C(=O)N1CCN(c2ccc(NC(=O)c3ccc(C)c([N+](=O)[O-])c3)cc2Cl)CC1. The normalized spacial score (nSPS) is 13.5. The third-order valence-electron chi connectivity index (χ3n) is 6.16. The van der Waals surface area contributed by atoms with Crippen molar-refractivity contribution in [1.29, 1.82) is 0 Å². The number of halogens is 1. The predicted octanol–water partition coefficient (Wildman–Crippen LogP) is 5.08. The Morgan fingerprint density at radius 2 is 1.66 bits per heavy atom. The molecule has 3 aromatic carbocycles. The molecule has 2 amide bonds. The Labute approximate surface area is 208 Å². The fourth-order valence-electron chi connectivity index (χ4n) is 4.13. The van der Waals surface area contributed by atoms with E-state index in [4.69, 9.17) is 11.6 Å². The minimum absolute atomic E-state index is 0.0308. The second kappa shape index (κ2) is 10.1. The molecule has 1 saturated heterocycles. The van der Waals surface area contributed by atoms with Crippen molar-refractivity contribution in [2.24, 2.45) is 0 Å². The zero-order chi connectivity index (χ0) is 25.1. The van der Waals surface area contributed by atoms with Crippen LogP contribution in [-0.2, 0) is 0 Å². The fraction of sp³-hybridized carbons (Fsp3) is 0.231. The molecule has 0 radical (unpaired) electrons. The number of nitro groups is 1. The number of anilines is 2. The van der Waals surface area contributed by atoms with E-state index < -0.39 is 10.8 Å². The number of hydrogen-bond acceptors (Lipinski definition) is 5. The number of aryl methyl sites for hydroxylation is 2. The molecule has 1 heterocycles. The van der Waals surface area contributed by atoms with Crippen LogP contribution in [0.1, 0.15) is 31.8 Å². The largest absolute Gasteiger partial charge is 0.367 e. The summed E-state index contributed by atoms with van der Waals surface area (Å²) in [5.74, 6) is -0.427. The number of nitrogens with zero attached hydrogens (tertiary/aromatic N) is 3. The number of nitrogens with one attached hydrogen (secondary N) is 1. The first kappa shape index (κ1) is 24.2. The molecule has 180 valence electrons. The summed E-state index contributed by atoms with van der Waals surface area (Å²) in [5.41, 5.74) is 3.56. The van der Waals surface area contributed by atoms with E-state index in [9.17, 15) is 19.7 Å². The lowest BCUT2D eigenvalue weighted by molar-refractivity contribution is -0.385. The Kier molecular flexibility index (Phi) is 7.02. The maximum atomic E-state index is 12.9. The van der Waals surface area contributed by atoms with Crippen LogP contribution in [0.2, 0.25) is 5.02 Å². The van der Waals surface area contributed by atoms with Gasteiger partial charge in [0.05, 0.1) is 15.6 Å². The van der Waals surface area contributed by atoms with Crippen LogP contribution in [-0.4, -0.2) is 47.8 Å². The molecule has 8 nitrogen and oxygen atoms in total. The van der Waals surface area contributed by atoms with Crippen molar-refractivity contribution in [3.63, 3.8) is 0 Å². The van der Waals surface area contributed by atoms with Crippen LogP contribution in [0.4, 0.5) is 17.1 Å². The summed E-state index contributed by atoms with van der Waals surface area (Å²) in [7, 11) is 0. The maximum Gasteiger partial charge on any atom is 0.273 e. The van der Waals surface area contributed by atoms with Gasteiger partial charge in [-0.15, -0.1) is 0 Å². The number of hydrogen-bond donors (Lipinski definition) is 1. The Hall–Kier alpha value is -3.91. The van der Waals surface area contributed by atoms with Crippen molar-refractivity contribution in [1.82, 2.24) is 4.90 Å². The van der Waals surface area contributed by atoms with Crippen molar-refractivity contribution in [2.45, 2.75) is 13.8 Å². The van der Waals surface area contributed by atoms with Gasteiger partial charge in [0.1, 0.15) is 0 Å². The molecule has 0 unspecified atom stereocenters. The summed E-state index contributed by atoms with van der Waals surface area (Å²) in [4.78, 5) is 40.1. The monoisotopic (exact) mass is 492 g/mol. The second-order valence-corrected chi connectivity index (χ2v) is 8.88. The van der Waals surface area contributed by atoms with Gasteiger partial charge in [-0.3, -0.25) is 19.7 Å². The summed E-state index contributed by atoms with van der Waals surface area (Å²) in [6.45, 7) is 5.98. The van der Waals surface area contributed by atoms with Crippen LogP contribution < -0.4 is 10.2 Å². The highest BCUT2D eigenvalue weighted by Gasteiger charge is 2.24. The number of rotatable bonds is 5. The second-order valence-electron chi connectivity index (χ2n) is 8.47. The average molecular weight is 493 g/mol. The standard InChI is InChI=1S/C26H25ClN4O4/c1-17-5-3-4-6-21(17)26(33)30-13-11-29(12-14-30)23-10-9-20(16-22(23)27)28-25(32)19-8-7-18(2)24(15-19)31(34)35/h3-10,15-16H,11-14H2,1-2H3,(H,28,32).